The lowest BCUT2D eigenvalue weighted by Crippen LogP contribution is -2.13. The number of nitrogens with one attached hydrogen (secondary N) is 1. The summed E-state index contributed by atoms with van der Waals surface area (Å²) in [5.41, 5.74) is 0.190. The molecule has 0 amide bonds. The minimum absolute atomic E-state index is 0.125. The van der Waals surface area contributed by atoms with Crippen LogP contribution < -0.4 is 9.46 Å². The van der Waals surface area contributed by atoms with Crippen molar-refractivity contribution in [3.8, 4) is 5.75 Å². The van der Waals surface area contributed by atoms with Gasteiger partial charge in [-0.1, -0.05) is 0 Å². The van der Waals surface area contributed by atoms with Crippen molar-refractivity contribution in [2.75, 3.05) is 11.8 Å². The molecule has 2 rings (SSSR count). The summed E-state index contributed by atoms with van der Waals surface area (Å²) >= 11 is 4.58. The summed E-state index contributed by atoms with van der Waals surface area (Å²) in [6, 6.07) is 5.13. The molecule has 0 atom stereocenters. The van der Waals surface area contributed by atoms with Gasteiger partial charge in [0.25, 0.3) is 10.0 Å². The number of aryl methyl sites for hydroxylation is 1. The Balaban J connectivity index is 2.41. The van der Waals surface area contributed by atoms with Crippen LogP contribution in [0.1, 0.15) is 4.88 Å². The molecular formula is C12H11BrFNO3S2. The van der Waals surface area contributed by atoms with Gasteiger partial charge in [0.1, 0.15) is 16.5 Å². The number of anilines is 1. The second kappa shape index (κ2) is 5.71. The van der Waals surface area contributed by atoms with Gasteiger partial charge in [-0.2, -0.15) is 0 Å². The van der Waals surface area contributed by atoms with E-state index in [1.54, 1.807) is 6.92 Å². The first-order valence-corrected chi connectivity index (χ1v) is 8.55. The summed E-state index contributed by atoms with van der Waals surface area (Å²) in [5.74, 6) is -0.375. The standard InChI is InChI=1S/C12H11BrFNO3S2/c1-7-11(6-12(13)19-7)20(16,17)15-9-4-3-8(14)5-10(9)18-2/h3-6,15H,1-2H3. The average Bonchev–Trinajstić information content (AvgIpc) is 2.71. The average molecular weight is 380 g/mol. The summed E-state index contributed by atoms with van der Waals surface area (Å²) in [4.78, 5) is 0.839. The molecule has 20 heavy (non-hydrogen) atoms. The SMILES string of the molecule is COc1cc(F)ccc1NS(=O)(=O)c1cc(Br)sc1C. The molecule has 2 aromatic rings. The molecule has 0 aliphatic carbocycles. The Labute approximate surface area is 128 Å². The molecule has 1 heterocycles. The Kier molecular flexibility index (Phi) is 4.36. The Morgan fingerprint density at radius 3 is 2.60 bits per heavy atom. The van der Waals surface area contributed by atoms with Crippen LogP contribution in [0, 0.1) is 12.7 Å². The Hall–Kier alpha value is -1.12. The quantitative estimate of drug-likeness (QED) is 0.879. The van der Waals surface area contributed by atoms with Crippen molar-refractivity contribution < 1.29 is 17.5 Å². The third-order valence-corrected chi connectivity index (χ3v) is 5.71. The Morgan fingerprint density at radius 2 is 2.05 bits per heavy atom. The van der Waals surface area contributed by atoms with E-state index in [1.165, 1.54) is 30.6 Å². The van der Waals surface area contributed by atoms with Gasteiger partial charge in [-0.05, 0) is 41.1 Å². The third kappa shape index (κ3) is 3.13. The van der Waals surface area contributed by atoms with Gasteiger partial charge in [-0.3, -0.25) is 4.72 Å². The second-order valence-corrected chi connectivity index (χ2v) is 8.21. The van der Waals surface area contributed by atoms with Crippen LogP contribution in [0.2, 0.25) is 0 Å². The maximum atomic E-state index is 13.1. The number of thiophene rings is 1. The van der Waals surface area contributed by atoms with Crippen molar-refractivity contribution in [3.63, 3.8) is 0 Å². The van der Waals surface area contributed by atoms with Gasteiger partial charge in [-0.15, -0.1) is 11.3 Å². The molecular weight excluding hydrogens is 369 g/mol. The van der Waals surface area contributed by atoms with Crippen molar-refractivity contribution in [1.82, 2.24) is 0 Å². The molecule has 0 aliphatic rings. The van der Waals surface area contributed by atoms with E-state index in [4.69, 9.17) is 4.74 Å². The largest absolute Gasteiger partial charge is 0.494 e. The van der Waals surface area contributed by atoms with E-state index in [0.29, 0.717) is 4.88 Å². The Bertz CT molecular complexity index is 743. The first-order chi connectivity index (χ1) is 9.33. The lowest BCUT2D eigenvalue weighted by Gasteiger charge is -2.11. The van der Waals surface area contributed by atoms with Crippen molar-refractivity contribution in [3.05, 3.63) is 38.7 Å². The molecule has 108 valence electrons. The summed E-state index contributed by atoms with van der Waals surface area (Å²) < 4.78 is 45.8. The smallest absolute Gasteiger partial charge is 0.263 e. The first kappa shape index (κ1) is 15.3. The normalized spacial score (nSPS) is 11.4. The lowest BCUT2D eigenvalue weighted by atomic mass is 10.3. The number of halogens is 2. The lowest BCUT2D eigenvalue weighted by molar-refractivity contribution is 0.413. The third-order valence-electron chi connectivity index (χ3n) is 2.54. The van der Waals surface area contributed by atoms with Crippen molar-refractivity contribution in [2.45, 2.75) is 11.8 Å². The molecule has 0 unspecified atom stereocenters. The van der Waals surface area contributed by atoms with E-state index >= 15 is 0 Å². The van der Waals surface area contributed by atoms with Crippen LogP contribution in [0.25, 0.3) is 0 Å². The topological polar surface area (TPSA) is 55.4 Å². The molecule has 0 bridgehead atoms. The van der Waals surface area contributed by atoms with Gasteiger partial charge in [0, 0.05) is 10.9 Å². The molecule has 0 aliphatic heterocycles. The zero-order valence-electron chi connectivity index (χ0n) is 10.6. The molecule has 0 spiro atoms. The number of hydrogen-bond acceptors (Lipinski definition) is 4. The fourth-order valence-corrected chi connectivity index (χ4v) is 5.13. The maximum Gasteiger partial charge on any atom is 0.263 e. The second-order valence-electron chi connectivity index (χ2n) is 3.92. The number of ether oxygens (including phenoxy) is 1. The highest BCUT2D eigenvalue weighted by molar-refractivity contribution is 9.11. The van der Waals surface area contributed by atoms with Crippen LogP contribution in [-0.4, -0.2) is 15.5 Å². The molecule has 0 saturated carbocycles. The minimum Gasteiger partial charge on any atom is -0.494 e. The van der Waals surface area contributed by atoms with Crippen LogP contribution in [0.15, 0.2) is 32.9 Å². The Morgan fingerprint density at radius 1 is 1.35 bits per heavy atom. The molecule has 0 saturated heterocycles. The molecule has 8 heteroatoms. The van der Waals surface area contributed by atoms with E-state index in [0.717, 1.165) is 15.9 Å². The number of hydrogen-bond donors (Lipinski definition) is 1. The molecule has 1 N–H and O–H groups in total. The van der Waals surface area contributed by atoms with Crippen LogP contribution >= 0.6 is 27.3 Å². The van der Waals surface area contributed by atoms with Crippen molar-refractivity contribution in [2.24, 2.45) is 0 Å². The van der Waals surface area contributed by atoms with Crippen LogP contribution in [0.4, 0.5) is 10.1 Å². The fourth-order valence-electron chi connectivity index (χ4n) is 1.65. The zero-order chi connectivity index (χ0) is 14.9. The van der Waals surface area contributed by atoms with Crippen LogP contribution in [-0.2, 0) is 10.0 Å². The van der Waals surface area contributed by atoms with E-state index in [9.17, 15) is 12.8 Å². The van der Waals surface area contributed by atoms with Crippen molar-refractivity contribution in [1.29, 1.82) is 0 Å². The summed E-state index contributed by atoms with van der Waals surface area (Å²) in [6.45, 7) is 1.71. The van der Waals surface area contributed by atoms with E-state index in [2.05, 4.69) is 20.7 Å². The van der Waals surface area contributed by atoms with E-state index < -0.39 is 15.8 Å². The van der Waals surface area contributed by atoms with Gasteiger partial charge < -0.3 is 4.74 Å². The monoisotopic (exact) mass is 379 g/mol. The summed E-state index contributed by atoms with van der Waals surface area (Å²) in [7, 11) is -2.39. The molecule has 4 nitrogen and oxygen atoms in total. The molecule has 0 fully saturated rings. The summed E-state index contributed by atoms with van der Waals surface area (Å²) in [6.07, 6.45) is 0. The molecule has 1 aromatic carbocycles. The number of sulfonamides is 1. The molecule has 1 aromatic heterocycles. The van der Waals surface area contributed by atoms with Crippen molar-refractivity contribution >= 4 is 43.0 Å². The van der Waals surface area contributed by atoms with Gasteiger partial charge >= 0.3 is 0 Å². The van der Waals surface area contributed by atoms with Gasteiger partial charge in [-0.25, -0.2) is 12.8 Å². The minimum atomic E-state index is -3.74. The predicted molar refractivity (Wildman–Crippen MR) is 80.5 cm³/mol. The maximum absolute atomic E-state index is 13.1. The number of benzene rings is 1. The first-order valence-electron chi connectivity index (χ1n) is 5.46. The van der Waals surface area contributed by atoms with Gasteiger partial charge in [0.15, 0.2) is 0 Å². The summed E-state index contributed by atoms with van der Waals surface area (Å²) in [5, 5.41) is 0. The van der Waals surface area contributed by atoms with Crippen LogP contribution in [0.5, 0.6) is 5.75 Å². The van der Waals surface area contributed by atoms with E-state index in [1.807, 2.05) is 0 Å². The highest BCUT2D eigenvalue weighted by Gasteiger charge is 2.21. The van der Waals surface area contributed by atoms with Crippen LogP contribution in [0.3, 0.4) is 0 Å². The zero-order valence-corrected chi connectivity index (χ0v) is 13.8. The highest BCUT2D eigenvalue weighted by Crippen LogP contribution is 2.33. The highest BCUT2D eigenvalue weighted by atomic mass is 79.9. The fraction of sp³-hybridized carbons (Fsp3) is 0.167. The van der Waals surface area contributed by atoms with Gasteiger partial charge in [0.05, 0.1) is 16.6 Å². The number of methoxy groups -OCH3 is 1. The number of rotatable bonds is 4. The van der Waals surface area contributed by atoms with E-state index in [-0.39, 0.29) is 16.3 Å². The predicted octanol–water partition coefficient (Wildman–Crippen LogP) is 3.77. The molecule has 0 radical (unpaired) electrons. The van der Waals surface area contributed by atoms with Gasteiger partial charge in [0.2, 0.25) is 0 Å².